The molecule has 4 aromatic rings. The van der Waals surface area contributed by atoms with Crippen LogP contribution >= 0.6 is 23.0 Å². The third kappa shape index (κ3) is 10.8. The number of fused-ring (bicyclic) bond motifs is 3. The first-order valence-electron chi connectivity index (χ1n) is 14.5. The van der Waals surface area contributed by atoms with Crippen molar-refractivity contribution in [3.63, 3.8) is 0 Å². The Morgan fingerprint density at radius 3 is 1.83 bits per heavy atom. The highest BCUT2D eigenvalue weighted by atomic mass is 32.4. The van der Waals surface area contributed by atoms with Gasteiger partial charge in [-0.1, -0.05) is 53.3 Å². The highest BCUT2D eigenvalue weighted by Gasteiger charge is 2.40. The molecule has 0 spiro atoms. The fraction of sp³-hybridized carbons (Fsp3) is 0.194. The monoisotopic (exact) mass is 734 g/mol. The van der Waals surface area contributed by atoms with Gasteiger partial charge in [0, 0.05) is 17.7 Å². The molecule has 13 nitrogen and oxygen atoms in total. The highest BCUT2D eigenvalue weighted by Crippen LogP contribution is 2.50. The summed E-state index contributed by atoms with van der Waals surface area (Å²) in [5, 5.41) is 4.42. The van der Waals surface area contributed by atoms with Crippen LogP contribution in [0.25, 0.3) is 11.1 Å². The van der Waals surface area contributed by atoms with Gasteiger partial charge in [-0.25, -0.2) is 4.90 Å². The summed E-state index contributed by atoms with van der Waals surface area (Å²) >= 11 is 5.52. The third-order valence-electron chi connectivity index (χ3n) is 6.84. The Morgan fingerprint density at radius 2 is 1.29 bits per heavy atom. The Labute approximate surface area is 284 Å². The maximum absolute atomic E-state index is 9.37. The molecule has 6 N–H and O–H groups in total. The molecule has 1 heterocycles. The summed E-state index contributed by atoms with van der Waals surface area (Å²) in [4.78, 5) is 57.4. The summed E-state index contributed by atoms with van der Waals surface area (Å²) < 4.78 is 25.5. The molecule has 1 aliphatic heterocycles. The van der Waals surface area contributed by atoms with Gasteiger partial charge in [-0.05, 0) is 66.1 Å². The fourth-order valence-electron chi connectivity index (χ4n) is 4.68. The number of nitrogens with zero attached hydrogens (tertiary/aromatic N) is 3. The van der Waals surface area contributed by atoms with Gasteiger partial charge in [0.25, 0.3) is 0 Å². The summed E-state index contributed by atoms with van der Waals surface area (Å²) in [6.07, 6.45) is 0.814. The van der Waals surface area contributed by atoms with Gasteiger partial charge >= 0.3 is 29.4 Å². The van der Waals surface area contributed by atoms with Crippen molar-refractivity contribution in [3.8, 4) is 34.1 Å². The van der Waals surface area contributed by atoms with Gasteiger partial charge in [0.1, 0.15) is 17.2 Å². The van der Waals surface area contributed by atoms with Gasteiger partial charge in [0.2, 0.25) is 11.8 Å². The van der Waals surface area contributed by atoms with Gasteiger partial charge < -0.3 is 14.2 Å². The molecule has 0 radical (unpaired) electrons. The second-order valence-corrected chi connectivity index (χ2v) is 16.2. The molecule has 0 amide bonds. The molecule has 4 aromatic carbocycles. The highest BCUT2D eigenvalue weighted by molar-refractivity contribution is 8.02. The predicted octanol–water partition coefficient (Wildman–Crippen LogP) is 4.84. The molecule has 48 heavy (non-hydrogen) atoms. The van der Waals surface area contributed by atoms with E-state index in [-0.39, 0.29) is 6.54 Å². The van der Waals surface area contributed by atoms with E-state index in [9.17, 15) is 29.4 Å². The van der Waals surface area contributed by atoms with E-state index in [0.29, 0.717) is 29.4 Å². The first kappa shape index (κ1) is 35.9. The lowest BCUT2D eigenvalue weighted by Crippen LogP contribution is -2.30. The molecule has 0 saturated carbocycles. The summed E-state index contributed by atoms with van der Waals surface area (Å²) in [5.41, 5.74) is 3.46. The van der Waals surface area contributed by atoms with E-state index in [1.807, 2.05) is 60.7 Å². The van der Waals surface area contributed by atoms with Crippen LogP contribution in [-0.4, -0.2) is 77.9 Å². The smallest absolute Gasteiger partial charge is 0.423 e. The summed E-state index contributed by atoms with van der Waals surface area (Å²) in [6.45, 7) is -0.869. The van der Waals surface area contributed by atoms with E-state index in [1.54, 1.807) is 54.4 Å². The molecule has 0 aliphatic carbocycles. The van der Waals surface area contributed by atoms with Crippen LogP contribution in [0.5, 0.6) is 23.0 Å². The van der Waals surface area contributed by atoms with Gasteiger partial charge in [0.05, 0.1) is 13.3 Å². The zero-order valence-corrected chi connectivity index (χ0v) is 29.1. The number of rotatable bonds is 14. The lowest BCUT2D eigenvalue weighted by molar-refractivity contribution is -0.138. The van der Waals surface area contributed by atoms with Crippen LogP contribution in [0.2, 0.25) is 0 Å². The number of hydrazone groups is 1. The molecule has 1 unspecified atom stereocenters. The van der Waals surface area contributed by atoms with Crippen LogP contribution in [0.15, 0.2) is 102 Å². The molecule has 17 heteroatoms. The van der Waals surface area contributed by atoms with Crippen molar-refractivity contribution in [1.82, 2.24) is 9.68 Å². The van der Waals surface area contributed by atoms with Crippen molar-refractivity contribution in [2.75, 3.05) is 26.2 Å². The van der Waals surface area contributed by atoms with E-state index in [4.69, 9.17) is 30.5 Å². The molecule has 0 saturated heterocycles. The van der Waals surface area contributed by atoms with Crippen molar-refractivity contribution in [2.45, 2.75) is 12.9 Å². The molecule has 0 fully saturated rings. The maximum atomic E-state index is 9.37. The first-order valence-corrected chi connectivity index (χ1v) is 20.4. The van der Waals surface area contributed by atoms with Gasteiger partial charge in [0.15, 0.2) is 18.3 Å². The molecule has 5 rings (SSSR count). The fourth-order valence-corrected chi connectivity index (χ4v) is 7.33. The maximum Gasteiger partial charge on any atom is 0.540 e. The second kappa shape index (κ2) is 15.9. The minimum Gasteiger partial charge on any atom is -0.423 e. The normalized spacial score (nSPS) is 13.6. The van der Waals surface area contributed by atoms with Crippen LogP contribution in [0, 0.1) is 0 Å². The second-order valence-electron chi connectivity index (χ2n) is 10.7. The van der Waals surface area contributed by atoms with Crippen LogP contribution < -0.4 is 18.7 Å². The van der Waals surface area contributed by atoms with E-state index >= 15 is 0 Å². The molecule has 0 aromatic heterocycles. The molecule has 1 aliphatic rings. The van der Waals surface area contributed by atoms with Crippen molar-refractivity contribution in [3.05, 3.63) is 108 Å². The minimum atomic E-state index is -4.22. The zero-order chi connectivity index (χ0) is 34.3. The molecule has 252 valence electrons. The number of hydrogen-bond donors (Lipinski definition) is 6. The molecular weight excluding hydrogens is 699 g/mol. The van der Waals surface area contributed by atoms with Crippen molar-refractivity contribution >= 4 is 41.0 Å². The largest absolute Gasteiger partial charge is 0.540 e. The topological polar surface area (TPSA) is 177 Å². The van der Waals surface area contributed by atoms with Crippen LogP contribution in [-0.2, 0) is 18.2 Å². The molecular formula is C31H35N3O10P3S+3. The summed E-state index contributed by atoms with van der Waals surface area (Å²) in [7, 11) is -8.26. The predicted molar refractivity (Wildman–Crippen MR) is 188 cm³/mol. The van der Waals surface area contributed by atoms with Gasteiger partial charge in [-0.15, -0.1) is 5.10 Å². The lowest BCUT2D eigenvalue weighted by Gasteiger charge is -2.20. The van der Waals surface area contributed by atoms with Crippen LogP contribution in [0.4, 0.5) is 0 Å². The van der Waals surface area contributed by atoms with Crippen LogP contribution in [0.3, 0.4) is 0 Å². The summed E-state index contributed by atoms with van der Waals surface area (Å²) in [6, 6.07) is 29.6. The Balaban J connectivity index is 1.12. The average Bonchev–Trinajstić information content (AvgIpc) is 3.18. The summed E-state index contributed by atoms with van der Waals surface area (Å²) in [5.74, 6) is 2.38. The first-order chi connectivity index (χ1) is 22.8. The Bertz CT molecular complexity index is 1660. The Kier molecular flexibility index (Phi) is 11.9. The minimum absolute atomic E-state index is 0.122. The van der Waals surface area contributed by atoms with Gasteiger partial charge in [-0.2, -0.15) is 29.4 Å². The van der Waals surface area contributed by atoms with Gasteiger partial charge in [-0.3, -0.25) is 4.52 Å². The van der Waals surface area contributed by atoms with Crippen molar-refractivity contribution in [1.29, 1.82) is 0 Å². The SMILES string of the molecule is CN(/N=C/c1ccc(OC2Oc3ccccc3-c3ccccc3O2)cc1)[P+](=S)Oc1ccc(CCN(C[P+](O)(O)O)C[P+](O)(O)O)cc1. The third-order valence-corrected chi connectivity index (χ3v) is 10.3. The number of para-hydroxylation sites is 2. The van der Waals surface area contributed by atoms with Crippen molar-refractivity contribution in [2.24, 2.45) is 5.10 Å². The van der Waals surface area contributed by atoms with E-state index in [2.05, 4.69) is 5.10 Å². The quantitative estimate of drug-likeness (QED) is 0.0590. The number of benzene rings is 4. The lowest BCUT2D eigenvalue weighted by atomic mass is 10.0. The van der Waals surface area contributed by atoms with Crippen LogP contribution in [0.1, 0.15) is 11.1 Å². The Hall–Kier alpha value is -3.35. The van der Waals surface area contributed by atoms with E-state index in [0.717, 1.165) is 22.3 Å². The van der Waals surface area contributed by atoms with E-state index in [1.165, 1.54) is 4.90 Å². The molecule has 1 atom stereocenters. The standard InChI is InChI=1S/C31H35N3O10P3S/c1-33(45(48)44-26-16-10-23(11-17-26)18-19-34(21-46(35,36)37)22-47(38,39)40)32-20-24-12-14-25(15-13-24)41-31-42-29-8-4-2-6-27(29)28-7-3-5-9-30(28)43-31/h2-17,20,31,35-40H,18-19,21-22H2,1H3/q+3/b32-20+. The van der Waals surface area contributed by atoms with E-state index < -0.39 is 42.0 Å². The number of hydrogen-bond acceptors (Lipinski definition) is 13. The average molecular weight is 735 g/mol. The molecule has 0 bridgehead atoms. The zero-order valence-electron chi connectivity index (χ0n) is 25.6. The Morgan fingerprint density at radius 1 is 0.771 bits per heavy atom. The van der Waals surface area contributed by atoms with Crippen molar-refractivity contribution < 1.29 is 48.1 Å². The number of ether oxygens (including phenoxy) is 3.